The minimum atomic E-state index is -0.883. The van der Waals surface area contributed by atoms with Gasteiger partial charge < -0.3 is 20.4 Å². The number of carboxylic acids is 1. The Morgan fingerprint density at radius 3 is 2.42 bits per heavy atom. The molecule has 3 aromatic rings. The van der Waals surface area contributed by atoms with Gasteiger partial charge in [-0.3, -0.25) is 9.59 Å². The van der Waals surface area contributed by atoms with Crippen LogP contribution in [0.5, 0.6) is 5.75 Å². The van der Waals surface area contributed by atoms with E-state index in [1.165, 1.54) is 0 Å². The zero-order chi connectivity index (χ0) is 23.5. The Balaban J connectivity index is 1.63. The number of aryl methyl sites for hydroxylation is 2. The standard InChI is InChI=1S/C27H26N2O4/c1-17-13-18(2)15-19(14-17)20-8-5-9-23(26(20)32)28-16-22-21-7-3-4-10-24(21)29(27(22)33)12-6-11-25(30)31/h3-5,7-10,13-16,28,32H,6,11-12H2,1-2H3,(H,30,31). The number of rotatable bonds is 7. The maximum atomic E-state index is 13.1. The molecule has 1 heterocycles. The molecule has 3 aromatic carbocycles. The summed E-state index contributed by atoms with van der Waals surface area (Å²) in [7, 11) is 0. The largest absolute Gasteiger partial charge is 0.505 e. The summed E-state index contributed by atoms with van der Waals surface area (Å²) in [6.07, 6.45) is 1.98. The highest BCUT2D eigenvalue weighted by atomic mass is 16.4. The van der Waals surface area contributed by atoms with Gasteiger partial charge in [0.05, 0.1) is 16.9 Å². The number of nitrogens with zero attached hydrogens (tertiary/aromatic N) is 1. The summed E-state index contributed by atoms with van der Waals surface area (Å²) in [6.45, 7) is 4.36. The zero-order valence-corrected chi connectivity index (χ0v) is 18.6. The number of carboxylic acid groups (broad SMARTS) is 1. The van der Waals surface area contributed by atoms with Gasteiger partial charge in [0.15, 0.2) is 0 Å². The highest BCUT2D eigenvalue weighted by molar-refractivity contribution is 6.32. The van der Waals surface area contributed by atoms with E-state index in [0.717, 1.165) is 27.9 Å². The smallest absolute Gasteiger partial charge is 0.303 e. The Morgan fingerprint density at radius 2 is 1.70 bits per heavy atom. The monoisotopic (exact) mass is 442 g/mol. The molecule has 0 saturated heterocycles. The number of para-hydroxylation sites is 2. The fourth-order valence-corrected chi connectivity index (χ4v) is 4.23. The van der Waals surface area contributed by atoms with Gasteiger partial charge in [0.2, 0.25) is 0 Å². The lowest BCUT2D eigenvalue weighted by Crippen LogP contribution is -2.28. The number of benzene rings is 3. The van der Waals surface area contributed by atoms with Gasteiger partial charge in [0.1, 0.15) is 5.75 Å². The third-order valence-electron chi connectivity index (χ3n) is 5.67. The average Bonchev–Trinajstić information content (AvgIpc) is 3.03. The zero-order valence-electron chi connectivity index (χ0n) is 18.6. The second-order valence-electron chi connectivity index (χ2n) is 8.25. The molecular formula is C27H26N2O4. The molecule has 0 radical (unpaired) electrons. The Bertz CT molecular complexity index is 1240. The van der Waals surface area contributed by atoms with Crippen LogP contribution in [0.1, 0.15) is 29.5 Å². The quantitative estimate of drug-likeness (QED) is 0.339. The molecule has 0 aliphatic carbocycles. The van der Waals surface area contributed by atoms with Gasteiger partial charge in [0, 0.05) is 30.3 Å². The van der Waals surface area contributed by atoms with Gasteiger partial charge in [-0.25, -0.2) is 0 Å². The first-order chi connectivity index (χ1) is 15.8. The second kappa shape index (κ2) is 9.20. The number of hydrogen-bond donors (Lipinski definition) is 3. The Hall–Kier alpha value is -4.06. The van der Waals surface area contributed by atoms with E-state index in [4.69, 9.17) is 5.11 Å². The van der Waals surface area contributed by atoms with Crippen LogP contribution >= 0.6 is 0 Å². The molecule has 6 nitrogen and oxygen atoms in total. The molecular weight excluding hydrogens is 416 g/mol. The van der Waals surface area contributed by atoms with E-state index >= 15 is 0 Å². The molecule has 168 valence electrons. The maximum Gasteiger partial charge on any atom is 0.303 e. The maximum absolute atomic E-state index is 13.1. The molecule has 1 aliphatic rings. The van der Waals surface area contributed by atoms with Crippen LogP contribution in [0.15, 0.2) is 66.9 Å². The van der Waals surface area contributed by atoms with Crippen molar-refractivity contribution >= 4 is 28.8 Å². The van der Waals surface area contributed by atoms with Crippen molar-refractivity contribution in [1.82, 2.24) is 0 Å². The topological polar surface area (TPSA) is 89.9 Å². The first kappa shape index (κ1) is 22.1. The first-order valence-corrected chi connectivity index (χ1v) is 10.9. The first-order valence-electron chi connectivity index (χ1n) is 10.9. The summed E-state index contributed by atoms with van der Waals surface area (Å²) in [5.74, 6) is -0.970. The van der Waals surface area contributed by atoms with Gasteiger partial charge in [0.25, 0.3) is 5.91 Å². The van der Waals surface area contributed by atoms with Crippen molar-refractivity contribution in [2.45, 2.75) is 26.7 Å². The van der Waals surface area contributed by atoms with E-state index in [2.05, 4.69) is 11.4 Å². The van der Waals surface area contributed by atoms with E-state index in [1.807, 2.05) is 62.4 Å². The number of amides is 1. The molecule has 0 bridgehead atoms. The van der Waals surface area contributed by atoms with Crippen LogP contribution < -0.4 is 10.2 Å². The van der Waals surface area contributed by atoms with Crippen molar-refractivity contribution in [3.05, 3.63) is 83.6 Å². The molecule has 0 fully saturated rings. The molecule has 1 aliphatic heterocycles. The van der Waals surface area contributed by atoms with E-state index in [-0.39, 0.29) is 18.1 Å². The Morgan fingerprint density at radius 1 is 1.00 bits per heavy atom. The summed E-state index contributed by atoms with van der Waals surface area (Å²) in [5, 5.41) is 23.0. The average molecular weight is 443 g/mol. The van der Waals surface area contributed by atoms with Crippen molar-refractivity contribution in [2.24, 2.45) is 0 Å². The van der Waals surface area contributed by atoms with Crippen LogP contribution in [-0.4, -0.2) is 28.6 Å². The van der Waals surface area contributed by atoms with E-state index < -0.39 is 5.97 Å². The van der Waals surface area contributed by atoms with Gasteiger partial charge in [-0.1, -0.05) is 59.7 Å². The summed E-state index contributed by atoms with van der Waals surface area (Å²) < 4.78 is 0. The molecule has 4 rings (SSSR count). The van der Waals surface area contributed by atoms with Crippen LogP contribution in [0.2, 0.25) is 0 Å². The molecule has 0 aromatic heterocycles. The summed E-state index contributed by atoms with van der Waals surface area (Å²) in [4.78, 5) is 25.6. The molecule has 1 amide bonds. The minimum Gasteiger partial charge on any atom is -0.505 e. The van der Waals surface area contributed by atoms with Crippen LogP contribution in [0.4, 0.5) is 11.4 Å². The van der Waals surface area contributed by atoms with E-state index in [1.54, 1.807) is 17.2 Å². The molecule has 0 saturated carbocycles. The number of carbonyl (C=O) groups excluding carboxylic acids is 1. The van der Waals surface area contributed by atoms with Crippen molar-refractivity contribution in [2.75, 3.05) is 16.8 Å². The summed E-state index contributed by atoms with van der Waals surface area (Å²) >= 11 is 0. The molecule has 0 atom stereocenters. The number of aromatic hydroxyl groups is 1. The van der Waals surface area contributed by atoms with Crippen molar-refractivity contribution in [3.63, 3.8) is 0 Å². The molecule has 0 unspecified atom stereocenters. The molecule has 0 spiro atoms. The van der Waals surface area contributed by atoms with Crippen molar-refractivity contribution in [3.8, 4) is 16.9 Å². The van der Waals surface area contributed by atoms with Crippen molar-refractivity contribution in [1.29, 1.82) is 0 Å². The van der Waals surface area contributed by atoms with Crippen LogP contribution in [0.25, 0.3) is 16.7 Å². The number of aliphatic carboxylic acids is 1. The third-order valence-corrected chi connectivity index (χ3v) is 5.67. The lowest BCUT2D eigenvalue weighted by molar-refractivity contribution is -0.137. The Kier molecular flexibility index (Phi) is 6.18. The van der Waals surface area contributed by atoms with Gasteiger partial charge in [-0.2, -0.15) is 0 Å². The van der Waals surface area contributed by atoms with Crippen LogP contribution in [-0.2, 0) is 9.59 Å². The number of anilines is 2. The normalized spacial score (nSPS) is 13.9. The highest BCUT2D eigenvalue weighted by Crippen LogP contribution is 2.39. The van der Waals surface area contributed by atoms with E-state index in [0.29, 0.717) is 29.8 Å². The third kappa shape index (κ3) is 4.60. The number of carbonyl (C=O) groups is 2. The molecule has 33 heavy (non-hydrogen) atoms. The lowest BCUT2D eigenvalue weighted by atomic mass is 9.99. The SMILES string of the molecule is Cc1cc(C)cc(-c2cccc(NC=C3C(=O)N(CCCC(=O)O)c4ccccc43)c2O)c1. The highest BCUT2D eigenvalue weighted by Gasteiger charge is 2.31. The van der Waals surface area contributed by atoms with E-state index in [9.17, 15) is 14.7 Å². The minimum absolute atomic E-state index is 0.00233. The molecule has 6 heteroatoms. The molecule has 3 N–H and O–H groups in total. The van der Waals surface area contributed by atoms with Crippen molar-refractivity contribution < 1.29 is 19.8 Å². The number of phenolic OH excluding ortho intramolecular Hbond substituents is 1. The van der Waals surface area contributed by atoms with Gasteiger partial charge in [-0.05, 0) is 38.0 Å². The fraction of sp³-hybridized carbons (Fsp3) is 0.185. The summed E-state index contributed by atoms with van der Waals surface area (Å²) in [6, 6.07) is 19.0. The number of nitrogens with one attached hydrogen (secondary N) is 1. The lowest BCUT2D eigenvalue weighted by Gasteiger charge is -2.16. The second-order valence-corrected chi connectivity index (χ2v) is 8.25. The Labute approximate surface area is 192 Å². The fourth-order valence-electron chi connectivity index (χ4n) is 4.23. The van der Waals surface area contributed by atoms with Crippen LogP contribution in [0, 0.1) is 13.8 Å². The van der Waals surface area contributed by atoms with Gasteiger partial charge >= 0.3 is 5.97 Å². The summed E-state index contributed by atoms with van der Waals surface area (Å²) in [5.41, 5.74) is 6.35. The number of hydrogen-bond acceptors (Lipinski definition) is 4. The van der Waals surface area contributed by atoms with Gasteiger partial charge in [-0.15, -0.1) is 0 Å². The predicted octanol–water partition coefficient (Wildman–Crippen LogP) is 5.34. The van der Waals surface area contributed by atoms with Crippen LogP contribution in [0.3, 0.4) is 0 Å². The number of phenols is 1. The predicted molar refractivity (Wildman–Crippen MR) is 130 cm³/mol. The number of fused-ring (bicyclic) bond motifs is 1.